The first-order valence-corrected chi connectivity index (χ1v) is 6.76. The normalized spacial score (nSPS) is 19.2. The first kappa shape index (κ1) is 14.5. The summed E-state index contributed by atoms with van der Waals surface area (Å²) in [5, 5.41) is 8.63. The quantitative estimate of drug-likeness (QED) is 0.846. The minimum Gasteiger partial charge on any atom is -0.478 e. The van der Waals surface area contributed by atoms with E-state index in [4.69, 9.17) is 5.11 Å². The molecule has 2 rings (SSSR count). The molecule has 0 saturated carbocycles. The molecule has 2 heterocycles. The number of aliphatic carboxylic acids is 1. The predicted octanol–water partition coefficient (Wildman–Crippen LogP) is 1.63. The molecule has 0 spiro atoms. The maximum absolute atomic E-state index is 10.5. The van der Waals surface area contributed by atoms with E-state index < -0.39 is 5.97 Å². The van der Waals surface area contributed by atoms with Gasteiger partial charge in [0.15, 0.2) is 0 Å². The summed E-state index contributed by atoms with van der Waals surface area (Å²) in [4.78, 5) is 19.6. The van der Waals surface area contributed by atoms with Crippen LogP contribution in [-0.4, -0.2) is 54.2 Å². The van der Waals surface area contributed by atoms with Crippen LogP contribution in [0.2, 0.25) is 0 Å². The fourth-order valence-electron chi connectivity index (χ4n) is 2.53. The van der Waals surface area contributed by atoms with E-state index in [-0.39, 0.29) is 0 Å². The van der Waals surface area contributed by atoms with Crippen molar-refractivity contribution in [3.05, 3.63) is 29.5 Å². The highest BCUT2D eigenvalue weighted by molar-refractivity contribution is 5.85. The van der Waals surface area contributed by atoms with Crippen molar-refractivity contribution in [2.45, 2.75) is 19.4 Å². The maximum Gasteiger partial charge on any atom is 0.328 e. The number of pyridine rings is 1. The minimum absolute atomic E-state index is 0.572. The monoisotopic (exact) mass is 275 g/mol. The molecular weight excluding hydrogens is 254 g/mol. The maximum atomic E-state index is 10.5. The van der Waals surface area contributed by atoms with Gasteiger partial charge in [0, 0.05) is 31.4 Å². The summed E-state index contributed by atoms with van der Waals surface area (Å²) < 4.78 is 0. The molecule has 0 bridgehead atoms. The number of rotatable bonds is 4. The van der Waals surface area contributed by atoms with Crippen LogP contribution < -0.4 is 4.90 Å². The number of hydrogen-bond acceptors (Lipinski definition) is 4. The lowest BCUT2D eigenvalue weighted by atomic mass is 10.2. The van der Waals surface area contributed by atoms with Gasteiger partial charge in [-0.1, -0.05) is 0 Å². The fraction of sp³-hybridized carbons (Fsp3) is 0.467. The zero-order valence-corrected chi connectivity index (χ0v) is 12.2. The standard InChI is InChI=1S/C15H21N3O2/c1-11-8-12(4-5-14(19)20)9-16-15(11)18-7-6-13(10-18)17(2)3/h4-5,8-9,13H,6-7,10H2,1-3H3,(H,19,20)/b5-4+. The molecule has 1 fully saturated rings. The van der Waals surface area contributed by atoms with Crippen molar-refractivity contribution in [2.24, 2.45) is 0 Å². The zero-order valence-electron chi connectivity index (χ0n) is 12.2. The Bertz CT molecular complexity index is 526. The first-order valence-electron chi connectivity index (χ1n) is 6.76. The third-order valence-electron chi connectivity index (χ3n) is 3.68. The number of anilines is 1. The Balaban J connectivity index is 2.12. The van der Waals surface area contributed by atoms with Crippen molar-refractivity contribution in [1.29, 1.82) is 0 Å². The van der Waals surface area contributed by atoms with E-state index in [0.29, 0.717) is 6.04 Å². The molecule has 1 aliphatic rings. The van der Waals surface area contributed by atoms with Gasteiger partial charge in [0.1, 0.15) is 5.82 Å². The summed E-state index contributed by atoms with van der Waals surface area (Å²) >= 11 is 0. The van der Waals surface area contributed by atoms with E-state index in [1.54, 1.807) is 12.3 Å². The lowest BCUT2D eigenvalue weighted by Gasteiger charge is -2.22. The predicted molar refractivity (Wildman–Crippen MR) is 79.9 cm³/mol. The summed E-state index contributed by atoms with van der Waals surface area (Å²) in [6.45, 7) is 4.02. The largest absolute Gasteiger partial charge is 0.478 e. The number of nitrogens with zero attached hydrogens (tertiary/aromatic N) is 3. The average molecular weight is 275 g/mol. The van der Waals surface area contributed by atoms with Crippen molar-refractivity contribution < 1.29 is 9.90 Å². The highest BCUT2D eigenvalue weighted by Gasteiger charge is 2.25. The molecule has 0 aliphatic carbocycles. The average Bonchev–Trinajstić information content (AvgIpc) is 2.86. The molecule has 1 atom stereocenters. The summed E-state index contributed by atoms with van der Waals surface area (Å²) in [6.07, 6.45) is 5.58. The van der Waals surface area contributed by atoms with Crippen LogP contribution in [0.5, 0.6) is 0 Å². The highest BCUT2D eigenvalue weighted by Crippen LogP contribution is 2.24. The molecule has 5 nitrogen and oxygen atoms in total. The van der Waals surface area contributed by atoms with Crippen molar-refractivity contribution in [2.75, 3.05) is 32.1 Å². The number of aryl methyl sites for hydroxylation is 1. The van der Waals surface area contributed by atoms with E-state index in [1.165, 1.54) is 0 Å². The van der Waals surface area contributed by atoms with Gasteiger partial charge >= 0.3 is 5.97 Å². The molecule has 1 aromatic heterocycles. The lowest BCUT2D eigenvalue weighted by Crippen LogP contribution is -2.31. The molecule has 1 saturated heterocycles. The molecule has 108 valence electrons. The number of aromatic nitrogens is 1. The van der Waals surface area contributed by atoms with Crippen LogP contribution in [-0.2, 0) is 4.79 Å². The van der Waals surface area contributed by atoms with Gasteiger partial charge < -0.3 is 14.9 Å². The van der Waals surface area contributed by atoms with Gasteiger partial charge in [-0.05, 0) is 50.7 Å². The Morgan fingerprint density at radius 2 is 2.30 bits per heavy atom. The number of carboxylic acid groups (broad SMARTS) is 1. The summed E-state index contributed by atoms with van der Waals surface area (Å²) in [5.74, 6) is 0.0573. The van der Waals surface area contributed by atoms with E-state index in [2.05, 4.69) is 28.9 Å². The van der Waals surface area contributed by atoms with Crippen LogP contribution in [0.15, 0.2) is 18.3 Å². The summed E-state index contributed by atoms with van der Waals surface area (Å²) in [5.41, 5.74) is 1.90. The van der Waals surface area contributed by atoms with Crippen LogP contribution >= 0.6 is 0 Å². The second-order valence-electron chi connectivity index (χ2n) is 5.43. The Kier molecular flexibility index (Phi) is 4.39. The van der Waals surface area contributed by atoms with E-state index in [1.807, 2.05) is 13.0 Å². The van der Waals surface area contributed by atoms with Gasteiger partial charge in [-0.2, -0.15) is 0 Å². The van der Waals surface area contributed by atoms with E-state index in [9.17, 15) is 4.79 Å². The van der Waals surface area contributed by atoms with Crippen molar-refractivity contribution >= 4 is 17.9 Å². The zero-order chi connectivity index (χ0) is 14.7. The molecule has 1 aromatic rings. The van der Waals surface area contributed by atoms with Crippen LogP contribution in [0.4, 0.5) is 5.82 Å². The number of carbonyl (C=O) groups is 1. The van der Waals surface area contributed by atoms with Crippen LogP contribution in [0.3, 0.4) is 0 Å². The van der Waals surface area contributed by atoms with Gasteiger partial charge in [0.2, 0.25) is 0 Å². The fourth-order valence-corrected chi connectivity index (χ4v) is 2.53. The van der Waals surface area contributed by atoms with Gasteiger partial charge in [0.25, 0.3) is 0 Å². The smallest absolute Gasteiger partial charge is 0.328 e. The van der Waals surface area contributed by atoms with E-state index in [0.717, 1.165) is 42.5 Å². The van der Waals surface area contributed by atoms with Crippen molar-refractivity contribution in [3.63, 3.8) is 0 Å². The Morgan fingerprint density at radius 3 is 2.85 bits per heavy atom. The third kappa shape index (κ3) is 3.36. The van der Waals surface area contributed by atoms with Gasteiger partial charge in [-0.3, -0.25) is 0 Å². The van der Waals surface area contributed by atoms with Crippen molar-refractivity contribution in [3.8, 4) is 0 Å². The molecule has 5 heteroatoms. The SMILES string of the molecule is Cc1cc(/C=C/C(=O)O)cnc1N1CCC(N(C)C)C1. The third-order valence-corrected chi connectivity index (χ3v) is 3.68. The molecule has 1 N–H and O–H groups in total. The molecule has 0 amide bonds. The van der Waals surface area contributed by atoms with Gasteiger partial charge in [-0.25, -0.2) is 9.78 Å². The first-order chi connectivity index (χ1) is 9.47. The highest BCUT2D eigenvalue weighted by atomic mass is 16.4. The molecular formula is C15H21N3O2. The Labute approximate surface area is 119 Å². The molecule has 20 heavy (non-hydrogen) atoms. The molecule has 1 unspecified atom stereocenters. The summed E-state index contributed by atoms with van der Waals surface area (Å²) in [7, 11) is 4.21. The minimum atomic E-state index is -0.944. The number of carboxylic acids is 1. The molecule has 0 aromatic carbocycles. The van der Waals surface area contributed by atoms with Gasteiger partial charge in [-0.15, -0.1) is 0 Å². The van der Waals surface area contributed by atoms with Crippen LogP contribution in [0, 0.1) is 6.92 Å². The molecule has 1 aliphatic heterocycles. The van der Waals surface area contributed by atoms with Gasteiger partial charge in [0.05, 0.1) is 0 Å². The topological polar surface area (TPSA) is 56.7 Å². The van der Waals surface area contributed by atoms with Crippen LogP contribution in [0.1, 0.15) is 17.5 Å². The number of likely N-dealkylation sites (N-methyl/N-ethyl adjacent to an activating group) is 1. The van der Waals surface area contributed by atoms with Crippen LogP contribution in [0.25, 0.3) is 6.08 Å². The van der Waals surface area contributed by atoms with E-state index >= 15 is 0 Å². The number of hydrogen-bond donors (Lipinski definition) is 1. The molecule has 0 radical (unpaired) electrons. The lowest BCUT2D eigenvalue weighted by molar-refractivity contribution is -0.131. The second kappa shape index (κ2) is 6.05. The summed E-state index contributed by atoms with van der Waals surface area (Å²) in [6, 6.07) is 2.55. The second-order valence-corrected chi connectivity index (χ2v) is 5.43. The Hall–Kier alpha value is -1.88. The Morgan fingerprint density at radius 1 is 1.55 bits per heavy atom. The van der Waals surface area contributed by atoms with Crippen molar-refractivity contribution in [1.82, 2.24) is 9.88 Å².